The minimum atomic E-state index is -0.682. The van der Waals surface area contributed by atoms with E-state index in [4.69, 9.17) is 9.47 Å². The molecule has 0 spiro atoms. The van der Waals surface area contributed by atoms with Crippen LogP contribution < -0.4 is 15.0 Å². The molecule has 3 rings (SSSR count). The Balaban J connectivity index is 1.48. The molecular formula is C23H29N3O4. The van der Waals surface area contributed by atoms with Crippen LogP contribution in [-0.4, -0.2) is 62.7 Å². The number of carbonyl (C=O) groups excluding carboxylic acids is 2. The van der Waals surface area contributed by atoms with E-state index in [9.17, 15) is 9.59 Å². The smallest absolute Gasteiger partial charge is 0.263 e. The Morgan fingerprint density at radius 2 is 1.73 bits per heavy atom. The zero-order chi connectivity index (χ0) is 21.5. The lowest BCUT2D eigenvalue weighted by molar-refractivity contribution is -0.139. The lowest BCUT2D eigenvalue weighted by Gasteiger charge is -2.29. The molecular weight excluding hydrogens is 382 g/mol. The van der Waals surface area contributed by atoms with E-state index in [0.29, 0.717) is 11.4 Å². The van der Waals surface area contributed by atoms with Crippen molar-refractivity contribution in [2.45, 2.75) is 20.0 Å². The van der Waals surface area contributed by atoms with E-state index in [0.717, 1.165) is 37.6 Å². The minimum Gasteiger partial charge on any atom is -0.481 e. The number of rotatable bonds is 7. The van der Waals surface area contributed by atoms with Crippen LogP contribution in [0.3, 0.4) is 0 Å². The molecule has 2 aromatic carbocycles. The van der Waals surface area contributed by atoms with Gasteiger partial charge in [0, 0.05) is 31.5 Å². The molecule has 1 aliphatic rings. The second-order valence-electron chi connectivity index (χ2n) is 7.46. The highest BCUT2D eigenvalue weighted by Gasteiger charge is 2.21. The Morgan fingerprint density at radius 3 is 2.37 bits per heavy atom. The lowest BCUT2D eigenvalue weighted by atomic mass is 10.2. The first-order chi connectivity index (χ1) is 14.4. The molecule has 1 heterocycles. The number of likely N-dealkylation sites (N-methyl/N-ethyl adjacent to an activating group) is 1. The van der Waals surface area contributed by atoms with Crippen molar-refractivity contribution < 1.29 is 19.1 Å². The van der Waals surface area contributed by atoms with Crippen LogP contribution in [0, 0.1) is 6.92 Å². The molecule has 30 heavy (non-hydrogen) atoms. The average molecular weight is 412 g/mol. The van der Waals surface area contributed by atoms with Gasteiger partial charge in [0.1, 0.15) is 5.75 Å². The van der Waals surface area contributed by atoms with Gasteiger partial charge in [-0.1, -0.05) is 17.7 Å². The molecule has 2 amide bonds. The molecule has 160 valence electrons. The van der Waals surface area contributed by atoms with Gasteiger partial charge in [-0.25, -0.2) is 0 Å². The first-order valence-electron chi connectivity index (χ1n) is 10.1. The molecule has 0 aromatic heterocycles. The fraction of sp³-hybridized carbons (Fsp3) is 0.391. The summed E-state index contributed by atoms with van der Waals surface area (Å²) in [6.45, 7) is 6.80. The summed E-state index contributed by atoms with van der Waals surface area (Å²) in [5.74, 6) is 0.112. The first kappa shape index (κ1) is 21.6. The van der Waals surface area contributed by atoms with Crippen LogP contribution in [0.4, 0.5) is 11.4 Å². The number of nitrogens with one attached hydrogen (secondary N) is 1. The fourth-order valence-corrected chi connectivity index (χ4v) is 3.25. The van der Waals surface area contributed by atoms with Gasteiger partial charge in [-0.2, -0.15) is 0 Å². The van der Waals surface area contributed by atoms with Crippen LogP contribution >= 0.6 is 0 Å². The van der Waals surface area contributed by atoms with Crippen molar-refractivity contribution in [1.82, 2.24) is 4.90 Å². The first-order valence-corrected chi connectivity index (χ1v) is 10.1. The summed E-state index contributed by atoms with van der Waals surface area (Å²) < 4.78 is 11.1. The lowest BCUT2D eigenvalue weighted by Crippen LogP contribution is -2.42. The standard InChI is InChI=1S/C23H29N3O4/c1-17-4-10-21(11-5-17)30-18(2)23(28)25(3)16-22(27)24-19-6-8-20(9-7-19)26-12-14-29-15-13-26/h4-11,18H,12-16H2,1-3H3,(H,24,27)/t18-/m0/s1. The molecule has 1 N–H and O–H groups in total. The predicted octanol–water partition coefficient (Wildman–Crippen LogP) is 2.70. The summed E-state index contributed by atoms with van der Waals surface area (Å²) in [6.07, 6.45) is -0.682. The van der Waals surface area contributed by atoms with Gasteiger partial charge in [0.15, 0.2) is 6.10 Å². The molecule has 7 heteroatoms. The molecule has 7 nitrogen and oxygen atoms in total. The van der Waals surface area contributed by atoms with E-state index in [2.05, 4.69) is 10.2 Å². The van der Waals surface area contributed by atoms with E-state index in [1.165, 1.54) is 4.90 Å². The van der Waals surface area contributed by atoms with Crippen molar-refractivity contribution in [2.75, 3.05) is 50.1 Å². The molecule has 0 saturated carbocycles. The van der Waals surface area contributed by atoms with Gasteiger partial charge >= 0.3 is 0 Å². The fourth-order valence-electron chi connectivity index (χ4n) is 3.25. The molecule has 0 unspecified atom stereocenters. The molecule has 1 aliphatic heterocycles. The third-order valence-electron chi connectivity index (χ3n) is 4.97. The van der Waals surface area contributed by atoms with E-state index < -0.39 is 6.10 Å². The average Bonchev–Trinajstić information content (AvgIpc) is 2.75. The topological polar surface area (TPSA) is 71.1 Å². The monoisotopic (exact) mass is 411 g/mol. The van der Waals surface area contributed by atoms with Crippen LogP contribution in [0.25, 0.3) is 0 Å². The second kappa shape index (κ2) is 10.1. The van der Waals surface area contributed by atoms with Gasteiger partial charge in [0.2, 0.25) is 5.91 Å². The van der Waals surface area contributed by atoms with Gasteiger partial charge in [-0.3, -0.25) is 9.59 Å². The Hall–Kier alpha value is -3.06. The van der Waals surface area contributed by atoms with Crippen LogP contribution in [0.5, 0.6) is 5.75 Å². The van der Waals surface area contributed by atoms with Gasteiger partial charge in [0.25, 0.3) is 5.91 Å². The number of carbonyl (C=O) groups is 2. The molecule has 2 aromatic rings. The second-order valence-corrected chi connectivity index (χ2v) is 7.46. The maximum absolute atomic E-state index is 12.5. The number of ether oxygens (including phenoxy) is 2. The SMILES string of the molecule is Cc1ccc(O[C@@H](C)C(=O)N(C)CC(=O)Nc2ccc(N3CCOCC3)cc2)cc1. The molecule has 1 atom stereocenters. The Labute approximate surface area is 177 Å². The van der Waals surface area contributed by atoms with Crippen LogP contribution in [0.2, 0.25) is 0 Å². The highest BCUT2D eigenvalue weighted by Crippen LogP contribution is 2.19. The molecule has 0 radical (unpaired) electrons. The van der Waals surface area contributed by atoms with Gasteiger partial charge in [-0.15, -0.1) is 0 Å². The highest BCUT2D eigenvalue weighted by atomic mass is 16.5. The number of nitrogens with zero attached hydrogens (tertiary/aromatic N) is 2. The van der Waals surface area contributed by atoms with Crippen molar-refractivity contribution in [2.24, 2.45) is 0 Å². The van der Waals surface area contributed by atoms with Gasteiger partial charge in [0.05, 0.1) is 19.8 Å². The highest BCUT2D eigenvalue weighted by molar-refractivity contribution is 5.95. The van der Waals surface area contributed by atoms with Gasteiger partial charge in [-0.05, 0) is 50.2 Å². The quantitative estimate of drug-likeness (QED) is 0.759. The van der Waals surface area contributed by atoms with E-state index in [1.807, 2.05) is 55.5 Å². The Kier molecular flexibility index (Phi) is 7.30. The maximum Gasteiger partial charge on any atom is 0.263 e. The van der Waals surface area contributed by atoms with Crippen molar-refractivity contribution in [3.8, 4) is 5.75 Å². The normalized spacial score (nSPS) is 14.7. The summed E-state index contributed by atoms with van der Waals surface area (Å²) in [6, 6.07) is 15.2. The van der Waals surface area contributed by atoms with Crippen molar-refractivity contribution in [3.63, 3.8) is 0 Å². The van der Waals surface area contributed by atoms with Crippen LogP contribution in [0.15, 0.2) is 48.5 Å². The number of amides is 2. The van der Waals surface area contributed by atoms with E-state index >= 15 is 0 Å². The number of hydrogen-bond acceptors (Lipinski definition) is 5. The van der Waals surface area contributed by atoms with E-state index in [-0.39, 0.29) is 18.4 Å². The third-order valence-corrected chi connectivity index (χ3v) is 4.97. The summed E-state index contributed by atoms with van der Waals surface area (Å²) >= 11 is 0. The minimum absolute atomic E-state index is 0.0500. The Bertz CT molecular complexity index is 846. The molecule has 1 saturated heterocycles. The zero-order valence-corrected chi connectivity index (χ0v) is 17.8. The van der Waals surface area contributed by atoms with Crippen LogP contribution in [-0.2, 0) is 14.3 Å². The number of hydrogen-bond donors (Lipinski definition) is 1. The number of benzene rings is 2. The number of morpholine rings is 1. The largest absolute Gasteiger partial charge is 0.481 e. The van der Waals surface area contributed by atoms with Gasteiger partial charge < -0.3 is 24.6 Å². The zero-order valence-electron chi connectivity index (χ0n) is 17.8. The number of aryl methyl sites for hydroxylation is 1. The maximum atomic E-state index is 12.5. The van der Waals surface area contributed by atoms with Crippen molar-refractivity contribution in [3.05, 3.63) is 54.1 Å². The molecule has 0 aliphatic carbocycles. The predicted molar refractivity (Wildman–Crippen MR) is 117 cm³/mol. The summed E-state index contributed by atoms with van der Waals surface area (Å²) in [7, 11) is 1.60. The van der Waals surface area contributed by atoms with Crippen LogP contribution in [0.1, 0.15) is 12.5 Å². The molecule has 0 bridgehead atoms. The third kappa shape index (κ3) is 5.97. The number of anilines is 2. The van der Waals surface area contributed by atoms with Crippen molar-refractivity contribution >= 4 is 23.2 Å². The van der Waals surface area contributed by atoms with E-state index in [1.54, 1.807) is 14.0 Å². The van der Waals surface area contributed by atoms with Crippen molar-refractivity contribution in [1.29, 1.82) is 0 Å². The summed E-state index contributed by atoms with van der Waals surface area (Å²) in [5, 5.41) is 2.84. The Morgan fingerprint density at radius 1 is 1.10 bits per heavy atom. The summed E-state index contributed by atoms with van der Waals surface area (Å²) in [4.78, 5) is 28.5. The molecule has 1 fully saturated rings. The summed E-state index contributed by atoms with van der Waals surface area (Å²) in [5.41, 5.74) is 2.92.